The number of hydrogen-bond acceptors (Lipinski definition) is 3. The second-order valence-corrected chi connectivity index (χ2v) is 6.62. The molecule has 0 aromatic rings. The minimum absolute atomic E-state index is 0.00491. The van der Waals surface area contributed by atoms with Crippen molar-refractivity contribution in [3.05, 3.63) is 0 Å². The van der Waals surface area contributed by atoms with Crippen molar-refractivity contribution in [3.8, 4) is 0 Å². The standard InChI is InChI=1S/C11H16N2O2S/c1-10(2)8(14)12(3)11-7(6-16-11)4-5-13(11)9(10)15/h7H,4-6H2,1-3H3. The summed E-state index contributed by atoms with van der Waals surface area (Å²) in [5.41, 5.74) is -0.884. The topological polar surface area (TPSA) is 40.6 Å². The van der Waals surface area contributed by atoms with Gasteiger partial charge in [0.05, 0.1) is 0 Å². The van der Waals surface area contributed by atoms with E-state index in [9.17, 15) is 9.59 Å². The molecule has 4 nitrogen and oxygen atoms in total. The number of carbonyl (C=O) groups excluding carboxylic acids is 2. The van der Waals surface area contributed by atoms with Crippen LogP contribution in [0.5, 0.6) is 0 Å². The molecule has 16 heavy (non-hydrogen) atoms. The van der Waals surface area contributed by atoms with Gasteiger partial charge in [0, 0.05) is 25.3 Å². The highest BCUT2D eigenvalue weighted by Crippen LogP contribution is 2.59. The molecule has 0 radical (unpaired) electrons. The van der Waals surface area contributed by atoms with Gasteiger partial charge in [0.15, 0.2) is 4.99 Å². The van der Waals surface area contributed by atoms with Crippen molar-refractivity contribution in [3.63, 3.8) is 0 Å². The first-order chi connectivity index (χ1) is 7.42. The quantitative estimate of drug-likeness (QED) is 0.586. The summed E-state index contributed by atoms with van der Waals surface area (Å²) in [6.07, 6.45) is 1.03. The Hall–Kier alpha value is -0.710. The van der Waals surface area contributed by atoms with Crippen molar-refractivity contribution in [2.45, 2.75) is 25.3 Å². The SMILES string of the molecule is CN1C(=O)C(C)(C)C(=O)N2CCC3CSC312. The molecule has 1 spiro atoms. The molecule has 2 atom stereocenters. The predicted molar refractivity (Wildman–Crippen MR) is 61.6 cm³/mol. The van der Waals surface area contributed by atoms with Gasteiger partial charge in [-0.25, -0.2) is 0 Å². The Morgan fingerprint density at radius 3 is 2.56 bits per heavy atom. The number of carbonyl (C=O) groups is 2. The third-order valence-electron chi connectivity index (χ3n) is 4.22. The van der Waals surface area contributed by atoms with Crippen molar-refractivity contribution < 1.29 is 9.59 Å². The fourth-order valence-corrected chi connectivity index (χ4v) is 4.75. The average molecular weight is 240 g/mol. The third-order valence-corrected chi connectivity index (χ3v) is 6.04. The lowest BCUT2D eigenvalue weighted by molar-refractivity contribution is -0.174. The molecule has 3 heterocycles. The summed E-state index contributed by atoms with van der Waals surface area (Å²) in [7, 11) is 1.84. The molecule has 0 saturated carbocycles. The lowest BCUT2D eigenvalue weighted by Crippen LogP contribution is -2.73. The highest BCUT2D eigenvalue weighted by Gasteiger charge is 2.67. The maximum Gasteiger partial charge on any atom is 0.240 e. The first-order valence-electron chi connectivity index (χ1n) is 5.66. The maximum absolute atomic E-state index is 12.3. The Morgan fingerprint density at radius 2 is 2.00 bits per heavy atom. The summed E-state index contributed by atoms with van der Waals surface area (Å²) in [4.78, 5) is 28.0. The number of thioether (sulfide) groups is 1. The van der Waals surface area contributed by atoms with Crippen LogP contribution >= 0.6 is 11.8 Å². The zero-order chi connectivity index (χ0) is 11.7. The first-order valence-corrected chi connectivity index (χ1v) is 6.65. The van der Waals surface area contributed by atoms with Crippen LogP contribution in [0.15, 0.2) is 0 Å². The summed E-state index contributed by atoms with van der Waals surface area (Å²) >= 11 is 1.73. The second kappa shape index (κ2) is 2.75. The molecule has 2 amide bonds. The van der Waals surface area contributed by atoms with E-state index in [0.29, 0.717) is 5.92 Å². The Bertz CT molecular complexity index is 395. The highest BCUT2D eigenvalue weighted by molar-refractivity contribution is 8.02. The highest BCUT2D eigenvalue weighted by atomic mass is 32.2. The molecule has 0 N–H and O–H groups in total. The van der Waals surface area contributed by atoms with Crippen molar-refractivity contribution in [1.29, 1.82) is 0 Å². The molecule has 0 aromatic heterocycles. The van der Waals surface area contributed by atoms with Crippen LogP contribution in [0.2, 0.25) is 0 Å². The van der Waals surface area contributed by atoms with E-state index >= 15 is 0 Å². The van der Waals surface area contributed by atoms with Gasteiger partial charge in [0.25, 0.3) is 0 Å². The Kier molecular flexibility index (Phi) is 1.80. The van der Waals surface area contributed by atoms with Crippen LogP contribution in [-0.4, -0.2) is 46.0 Å². The third kappa shape index (κ3) is 0.861. The van der Waals surface area contributed by atoms with E-state index in [1.54, 1.807) is 30.5 Å². The zero-order valence-corrected chi connectivity index (χ0v) is 10.6. The summed E-state index contributed by atoms with van der Waals surface area (Å²) < 4.78 is 0. The summed E-state index contributed by atoms with van der Waals surface area (Å²) in [5.74, 6) is 1.52. The van der Waals surface area contributed by atoms with Gasteiger partial charge < -0.3 is 9.80 Å². The minimum atomic E-state index is -0.884. The van der Waals surface area contributed by atoms with E-state index in [4.69, 9.17) is 0 Å². The molecule has 3 rings (SSSR count). The fourth-order valence-electron chi connectivity index (χ4n) is 3.16. The fraction of sp³-hybridized carbons (Fsp3) is 0.818. The normalized spacial score (nSPS) is 40.6. The van der Waals surface area contributed by atoms with E-state index in [2.05, 4.69) is 0 Å². The van der Waals surface area contributed by atoms with Gasteiger partial charge in [-0.3, -0.25) is 9.59 Å². The van der Waals surface area contributed by atoms with Gasteiger partial charge in [-0.1, -0.05) is 0 Å². The average Bonchev–Trinajstić information content (AvgIpc) is 2.46. The first kappa shape index (κ1) is 10.4. The molecule has 3 saturated heterocycles. The monoisotopic (exact) mass is 240 g/mol. The zero-order valence-electron chi connectivity index (χ0n) is 9.82. The second-order valence-electron chi connectivity index (χ2n) is 5.40. The molecule has 0 aromatic carbocycles. The number of amides is 2. The predicted octanol–water partition coefficient (Wildman–Crippen LogP) is 0.734. The lowest BCUT2D eigenvalue weighted by Gasteiger charge is -2.59. The van der Waals surface area contributed by atoms with E-state index in [1.165, 1.54) is 0 Å². The van der Waals surface area contributed by atoms with Crippen molar-refractivity contribution >= 4 is 23.6 Å². The number of rotatable bonds is 0. The van der Waals surface area contributed by atoms with Crippen LogP contribution in [0, 0.1) is 11.3 Å². The Morgan fingerprint density at radius 1 is 1.31 bits per heavy atom. The van der Waals surface area contributed by atoms with E-state index in [1.807, 2.05) is 11.9 Å². The number of nitrogens with zero attached hydrogens (tertiary/aromatic N) is 2. The summed E-state index contributed by atoms with van der Waals surface area (Å²) in [6.45, 7) is 4.27. The van der Waals surface area contributed by atoms with Crippen molar-refractivity contribution in [1.82, 2.24) is 9.80 Å². The molecule has 2 unspecified atom stereocenters. The lowest BCUT2D eigenvalue weighted by atomic mass is 9.86. The van der Waals surface area contributed by atoms with Gasteiger partial charge in [-0.2, -0.15) is 0 Å². The molecule has 3 fully saturated rings. The van der Waals surface area contributed by atoms with Crippen molar-refractivity contribution in [2.75, 3.05) is 19.3 Å². The van der Waals surface area contributed by atoms with Crippen LogP contribution in [0.3, 0.4) is 0 Å². The van der Waals surface area contributed by atoms with Crippen LogP contribution in [0.25, 0.3) is 0 Å². The van der Waals surface area contributed by atoms with Crippen LogP contribution in [0.4, 0.5) is 0 Å². The van der Waals surface area contributed by atoms with Gasteiger partial charge in [-0.15, -0.1) is 11.8 Å². The molecule has 3 aliphatic heterocycles. The molecular formula is C11H16N2O2S. The van der Waals surface area contributed by atoms with Gasteiger partial charge in [0.1, 0.15) is 5.41 Å². The molecule has 88 valence electrons. The minimum Gasteiger partial charge on any atom is -0.313 e. The molecule has 0 bridgehead atoms. The van der Waals surface area contributed by atoms with E-state index in [0.717, 1.165) is 18.7 Å². The van der Waals surface area contributed by atoms with E-state index < -0.39 is 5.41 Å². The van der Waals surface area contributed by atoms with Gasteiger partial charge in [0.2, 0.25) is 11.8 Å². The van der Waals surface area contributed by atoms with E-state index in [-0.39, 0.29) is 16.8 Å². The molecule has 0 aliphatic carbocycles. The Balaban J connectivity index is 2.09. The largest absolute Gasteiger partial charge is 0.313 e. The maximum atomic E-state index is 12.3. The van der Waals surface area contributed by atoms with Gasteiger partial charge >= 0.3 is 0 Å². The van der Waals surface area contributed by atoms with Crippen LogP contribution in [0.1, 0.15) is 20.3 Å². The number of hydrogen-bond donors (Lipinski definition) is 0. The summed E-state index contributed by atoms with van der Waals surface area (Å²) in [5, 5.41) is 0. The molecular weight excluding hydrogens is 224 g/mol. The van der Waals surface area contributed by atoms with Crippen LogP contribution < -0.4 is 0 Å². The molecule has 5 heteroatoms. The summed E-state index contributed by atoms with van der Waals surface area (Å²) in [6, 6.07) is 0. The Labute approximate surface area is 99.3 Å². The van der Waals surface area contributed by atoms with Crippen molar-refractivity contribution in [2.24, 2.45) is 11.3 Å². The smallest absolute Gasteiger partial charge is 0.240 e. The van der Waals surface area contributed by atoms with Crippen LogP contribution in [-0.2, 0) is 9.59 Å². The van der Waals surface area contributed by atoms with Gasteiger partial charge in [-0.05, 0) is 20.3 Å². The molecule has 3 aliphatic rings.